The number of carbonyl (C=O) groups is 2. The number of nitrogens with one attached hydrogen (secondary N) is 1. The lowest BCUT2D eigenvalue weighted by Crippen LogP contribution is -2.12. The fourth-order valence-corrected chi connectivity index (χ4v) is 1.27. The van der Waals surface area contributed by atoms with Crippen molar-refractivity contribution >= 4 is 29.2 Å². The molecule has 86 valence electrons. The minimum atomic E-state index is -0.820. The average molecular weight is 242 g/mol. The molecule has 0 atom stereocenters. The molecule has 0 saturated heterocycles. The van der Waals surface area contributed by atoms with E-state index >= 15 is 0 Å². The molecule has 0 aliphatic heterocycles. The van der Waals surface area contributed by atoms with E-state index in [0.717, 1.165) is 5.56 Å². The number of carboxylic acids is 1. The van der Waals surface area contributed by atoms with Gasteiger partial charge in [-0.25, -0.2) is 0 Å². The molecule has 1 rings (SSSR count). The zero-order chi connectivity index (χ0) is 12.0. The monoisotopic (exact) mass is 241 g/mol. The van der Waals surface area contributed by atoms with Crippen LogP contribution >= 0.6 is 11.6 Å². The maximum Gasteiger partial charge on any atom is 0.303 e. The molecule has 0 saturated carbocycles. The van der Waals surface area contributed by atoms with Crippen LogP contribution < -0.4 is 5.32 Å². The van der Waals surface area contributed by atoms with E-state index in [1.165, 1.54) is 0 Å². The summed E-state index contributed by atoms with van der Waals surface area (Å²) in [7, 11) is 0. The Balaban J connectivity index is 2.54. The largest absolute Gasteiger partial charge is 0.481 e. The molecule has 0 unspecified atom stereocenters. The van der Waals surface area contributed by atoms with E-state index in [0.29, 0.717) is 12.1 Å². The minimum absolute atomic E-state index is 0.0826. The van der Waals surface area contributed by atoms with Crippen molar-refractivity contribution in [1.29, 1.82) is 0 Å². The van der Waals surface area contributed by atoms with Crippen molar-refractivity contribution in [2.75, 3.05) is 11.2 Å². The van der Waals surface area contributed by atoms with E-state index in [-0.39, 0.29) is 18.2 Å². The topological polar surface area (TPSA) is 66.4 Å². The normalized spacial score (nSPS) is 9.81. The number of halogens is 1. The molecule has 0 aliphatic carbocycles. The Morgan fingerprint density at radius 1 is 1.25 bits per heavy atom. The molecule has 16 heavy (non-hydrogen) atoms. The van der Waals surface area contributed by atoms with E-state index < -0.39 is 5.97 Å². The van der Waals surface area contributed by atoms with Crippen LogP contribution in [0.4, 0.5) is 5.69 Å². The van der Waals surface area contributed by atoms with Crippen molar-refractivity contribution in [2.45, 2.75) is 12.8 Å². The first kappa shape index (κ1) is 12.5. The summed E-state index contributed by atoms with van der Waals surface area (Å²) in [5, 5.41) is 11.1. The number of benzene rings is 1. The highest BCUT2D eigenvalue weighted by Gasteiger charge is 2.01. The van der Waals surface area contributed by atoms with Crippen molar-refractivity contribution in [1.82, 2.24) is 0 Å². The van der Waals surface area contributed by atoms with Gasteiger partial charge in [-0.05, 0) is 24.1 Å². The van der Waals surface area contributed by atoms with Gasteiger partial charge in [0.25, 0.3) is 0 Å². The Bertz CT molecular complexity index is 375. The lowest BCUT2D eigenvalue weighted by Gasteiger charge is -2.04. The second kappa shape index (κ2) is 6.12. The van der Waals surface area contributed by atoms with Crippen LogP contribution in [0.5, 0.6) is 0 Å². The van der Waals surface area contributed by atoms with Crippen LogP contribution in [0, 0.1) is 0 Å². The smallest absolute Gasteiger partial charge is 0.303 e. The zero-order valence-electron chi connectivity index (χ0n) is 8.57. The molecular weight excluding hydrogens is 230 g/mol. The molecule has 0 aliphatic rings. The third-order valence-electron chi connectivity index (χ3n) is 1.99. The number of amides is 1. The first-order chi connectivity index (χ1) is 7.61. The van der Waals surface area contributed by atoms with Gasteiger partial charge in [-0.1, -0.05) is 12.1 Å². The number of rotatable bonds is 5. The van der Waals surface area contributed by atoms with Gasteiger partial charge in [0.05, 0.1) is 0 Å². The van der Waals surface area contributed by atoms with Crippen LogP contribution in [0.15, 0.2) is 24.3 Å². The van der Waals surface area contributed by atoms with Gasteiger partial charge in [0, 0.05) is 12.1 Å². The molecule has 0 spiro atoms. The van der Waals surface area contributed by atoms with Crippen molar-refractivity contribution < 1.29 is 14.7 Å². The summed E-state index contributed by atoms with van der Waals surface area (Å²) in [5.41, 5.74) is 1.58. The number of carbonyl (C=O) groups excluding carboxylic acids is 1. The standard InChI is InChI=1S/C11H12ClNO3/c12-7-10(14)13-9-4-1-8(2-5-9)3-6-11(15)16/h1-2,4-5H,3,6-7H2,(H,13,14)(H,15,16). The quantitative estimate of drug-likeness (QED) is 0.774. The van der Waals surface area contributed by atoms with Crippen molar-refractivity contribution in [3.05, 3.63) is 29.8 Å². The molecule has 2 N–H and O–H groups in total. The molecule has 0 bridgehead atoms. The van der Waals surface area contributed by atoms with Gasteiger partial charge < -0.3 is 10.4 Å². The van der Waals surface area contributed by atoms with Gasteiger partial charge >= 0.3 is 5.97 Å². The fourth-order valence-electron chi connectivity index (χ4n) is 1.20. The highest BCUT2D eigenvalue weighted by molar-refractivity contribution is 6.29. The highest BCUT2D eigenvalue weighted by Crippen LogP contribution is 2.11. The fraction of sp³-hybridized carbons (Fsp3) is 0.273. The molecule has 0 aromatic heterocycles. The number of anilines is 1. The maximum absolute atomic E-state index is 11.0. The molecular formula is C11H12ClNO3. The number of alkyl halides is 1. The van der Waals surface area contributed by atoms with Crippen LogP contribution in [0.3, 0.4) is 0 Å². The van der Waals surface area contributed by atoms with Gasteiger partial charge in [-0.15, -0.1) is 11.6 Å². The zero-order valence-corrected chi connectivity index (χ0v) is 9.33. The number of aryl methyl sites for hydroxylation is 1. The lowest BCUT2D eigenvalue weighted by atomic mass is 10.1. The summed E-state index contributed by atoms with van der Waals surface area (Å²) in [6, 6.07) is 7.02. The number of carboxylic acid groups (broad SMARTS) is 1. The summed E-state index contributed by atoms with van der Waals surface area (Å²) in [6.07, 6.45) is 0.590. The first-order valence-electron chi connectivity index (χ1n) is 4.78. The van der Waals surface area contributed by atoms with Gasteiger partial charge in [-0.3, -0.25) is 9.59 Å². The molecule has 0 heterocycles. The van der Waals surface area contributed by atoms with E-state index in [4.69, 9.17) is 16.7 Å². The summed E-state index contributed by atoms with van der Waals surface area (Å²) in [5.74, 6) is -1.17. The van der Waals surface area contributed by atoms with Gasteiger partial charge in [0.1, 0.15) is 5.88 Å². The number of aliphatic carboxylic acids is 1. The second-order valence-electron chi connectivity index (χ2n) is 3.27. The van der Waals surface area contributed by atoms with E-state index in [1.807, 2.05) is 0 Å². The van der Waals surface area contributed by atoms with Crippen molar-refractivity contribution in [2.24, 2.45) is 0 Å². The third kappa shape index (κ3) is 4.31. The van der Waals surface area contributed by atoms with Crippen molar-refractivity contribution in [3.8, 4) is 0 Å². The van der Waals surface area contributed by atoms with Crippen LogP contribution in [0.2, 0.25) is 0 Å². The Labute approximate surface area is 98.2 Å². The van der Waals surface area contributed by atoms with Crippen LogP contribution in [0.25, 0.3) is 0 Å². The Hall–Kier alpha value is -1.55. The Morgan fingerprint density at radius 3 is 2.38 bits per heavy atom. The van der Waals surface area contributed by atoms with Crippen LogP contribution in [-0.2, 0) is 16.0 Å². The van der Waals surface area contributed by atoms with Crippen molar-refractivity contribution in [3.63, 3.8) is 0 Å². The number of hydrogen-bond donors (Lipinski definition) is 2. The minimum Gasteiger partial charge on any atom is -0.481 e. The van der Waals surface area contributed by atoms with Crippen LogP contribution in [-0.4, -0.2) is 22.9 Å². The molecule has 0 fully saturated rings. The predicted molar refractivity (Wildman–Crippen MR) is 61.7 cm³/mol. The molecule has 5 heteroatoms. The lowest BCUT2D eigenvalue weighted by molar-refractivity contribution is -0.137. The summed E-state index contributed by atoms with van der Waals surface area (Å²) >= 11 is 5.34. The van der Waals surface area contributed by atoms with Crippen LogP contribution in [0.1, 0.15) is 12.0 Å². The summed E-state index contributed by atoms with van der Waals surface area (Å²) < 4.78 is 0. The molecule has 4 nitrogen and oxygen atoms in total. The number of hydrogen-bond acceptors (Lipinski definition) is 2. The van der Waals surface area contributed by atoms with E-state index in [1.54, 1.807) is 24.3 Å². The predicted octanol–water partition coefficient (Wildman–Crippen LogP) is 1.88. The van der Waals surface area contributed by atoms with E-state index in [9.17, 15) is 9.59 Å². The second-order valence-corrected chi connectivity index (χ2v) is 3.54. The summed E-state index contributed by atoms with van der Waals surface area (Å²) in [4.78, 5) is 21.3. The van der Waals surface area contributed by atoms with E-state index in [2.05, 4.69) is 5.32 Å². The molecule has 0 radical (unpaired) electrons. The Kier molecular flexibility index (Phi) is 4.79. The third-order valence-corrected chi connectivity index (χ3v) is 2.23. The molecule has 1 amide bonds. The SMILES string of the molecule is O=C(O)CCc1ccc(NC(=O)CCl)cc1. The summed E-state index contributed by atoms with van der Waals surface area (Å²) in [6.45, 7) is 0. The van der Waals surface area contributed by atoms with Gasteiger partial charge in [0.15, 0.2) is 0 Å². The van der Waals surface area contributed by atoms with Gasteiger partial charge in [-0.2, -0.15) is 0 Å². The highest BCUT2D eigenvalue weighted by atomic mass is 35.5. The Morgan fingerprint density at radius 2 is 1.88 bits per heavy atom. The first-order valence-corrected chi connectivity index (χ1v) is 5.32. The molecule has 1 aromatic carbocycles. The molecule has 1 aromatic rings. The average Bonchev–Trinajstić information content (AvgIpc) is 2.28. The maximum atomic E-state index is 11.0. The van der Waals surface area contributed by atoms with Gasteiger partial charge in [0.2, 0.25) is 5.91 Å².